The summed E-state index contributed by atoms with van der Waals surface area (Å²) in [6, 6.07) is 3.92. The summed E-state index contributed by atoms with van der Waals surface area (Å²) in [6.07, 6.45) is 1.32. The number of benzene rings is 1. The second-order valence-corrected chi connectivity index (χ2v) is 6.29. The monoisotopic (exact) mass is 328 g/mol. The number of amides is 1. The van der Waals surface area contributed by atoms with Gasteiger partial charge in [-0.05, 0) is 50.8 Å². The predicted octanol–water partition coefficient (Wildman–Crippen LogP) is 2.83. The number of piperidine rings is 1. The van der Waals surface area contributed by atoms with E-state index in [1.165, 1.54) is 18.2 Å². The molecule has 0 spiro atoms. The van der Waals surface area contributed by atoms with Crippen LogP contribution in [0.4, 0.5) is 4.39 Å². The molecular weight excluding hydrogens is 307 g/mol. The zero-order valence-electron chi connectivity index (χ0n) is 12.9. The fourth-order valence-corrected chi connectivity index (χ4v) is 2.92. The number of hydrogen-bond acceptors (Lipinski definition) is 3. The minimum Gasteiger partial charge on any atom is -0.479 e. The van der Waals surface area contributed by atoms with Gasteiger partial charge in [-0.2, -0.15) is 0 Å². The lowest BCUT2D eigenvalue weighted by molar-refractivity contribution is -0.139. The van der Waals surface area contributed by atoms with Gasteiger partial charge in [-0.1, -0.05) is 11.6 Å². The van der Waals surface area contributed by atoms with Gasteiger partial charge in [-0.3, -0.25) is 4.79 Å². The molecule has 0 radical (unpaired) electrons. The Balaban J connectivity index is 1.99. The highest BCUT2D eigenvalue weighted by Gasteiger charge is 2.29. The van der Waals surface area contributed by atoms with E-state index >= 15 is 0 Å². The van der Waals surface area contributed by atoms with Crippen molar-refractivity contribution in [3.63, 3.8) is 0 Å². The van der Waals surface area contributed by atoms with E-state index in [0.717, 1.165) is 12.8 Å². The van der Waals surface area contributed by atoms with E-state index in [1.807, 2.05) is 6.92 Å². The van der Waals surface area contributed by atoms with Gasteiger partial charge < -0.3 is 15.4 Å². The average molecular weight is 329 g/mol. The molecule has 1 fully saturated rings. The minimum atomic E-state index is -0.671. The van der Waals surface area contributed by atoms with Crippen LogP contribution in [0.5, 0.6) is 5.75 Å². The first kappa shape index (κ1) is 17.0. The molecule has 1 aliphatic heterocycles. The van der Waals surface area contributed by atoms with Crippen molar-refractivity contribution >= 4 is 17.5 Å². The molecular formula is C16H22ClFN2O2. The van der Waals surface area contributed by atoms with Crippen molar-refractivity contribution in [2.45, 2.75) is 38.8 Å². The number of nitrogens with two attached hydrogens (primary N) is 1. The van der Waals surface area contributed by atoms with Gasteiger partial charge in [-0.25, -0.2) is 4.39 Å². The standard InChI is InChI=1S/C16H22ClFN2O2/c1-10(19)12-4-3-7-20(9-12)16(21)11(2)22-15-6-5-13(18)8-14(15)17/h5-6,8,10-12H,3-4,7,9,19H2,1-2H3. The van der Waals surface area contributed by atoms with E-state index < -0.39 is 11.9 Å². The predicted molar refractivity (Wildman–Crippen MR) is 84.5 cm³/mol. The summed E-state index contributed by atoms with van der Waals surface area (Å²) < 4.78 is 18.6. The van der Waals surface area contributed by atoms with Gasteiger partial charge in [0.15, 0.2) is 6.10 Å². The lowest BCUT2D eigenvalue weighted by Crippen LogP contribution is -2.48. The molecule has 1 aliphatic rings. The Bertz CT molecular complexity index is 539. The molecule has 1 heterocycles. The molecule has 1 aromatic rings. The fourth-order valence-electron chi connectivity index (χ4n) is 2.71. The van der Waals surface area contributed by atoms with Gasteiger partial charge in [-0.15, -0.1) is 0 Å². The van der Waals surface area contributed by atoms with E-state index in [9.17, 15) is 9.18 Å². The molecule has 1 amide bonds. The van der Waals surface area contributed by atoms with Gasteiger partial charge in [0.05, 0.1) is 5.02 Å². The quantitative estimate of drug-likeness (QED) is 0.924. The summed E-state index contributed by atoms with van der Waals surface area (Å²) in [6.45, 7) is 5.02. The van der Waals surface area contributed by atoms with Gasteiger partial charge in [0.1, 0.15) is 11.6 Å². The number of ether oxygens (including phenoxy) is 1. The molecule has 0 aliphatic carbocycles. The van der Waals surface area contributed by atoms with Crippen LogP contribution in [0.25, 0.3) is 0 Å². The van der Waals surface area contributed by atoms with E-state index in [1.54, 1.807) is 11.8 Å². The number of hydrogen-bond donors (Lipinski definition) is 1. The number of carbonyl (C=O) groups excluding carboxylic acids is 1. The largest absolute Gasteiger partial charge is 0.479 e. The van der Waals surface area contributed by atoms with Crippen LogP contribution in [0, 0.1) is 11.7 Å². The molecule has 22 heavy (non-hydrogen) atoms. The first-order valence-corrected chi connectivity index (χ1v) is 7.92. The third-order valence-corrected chi connectivity index (χ3v) is 4.35. The molecule has 3 unspecified atom stereocenters. The van der Waals surface area contributed by atoms with Gasteiger partial charge in [0.25, 0.3) is 5.91 Å². The van der Waals surface area contributed by atoms with E-state index in [2.05, 4.69) is 0 Å². The molecule has 3 atom stereocenters. The number of likely N-dealkylation sites (tertiary alicyclic amines) is 1. The summed E-state index contributed by atoms with van der Waals surface area (Å²) in [4.78, 5) is 14.3. The van der Waals surface area contributed by atoms with Crippen LogP contribution in [-0.2, 0) is 4.79 Å². The molecule has 4 nitrogen and oxygen atoms in total. The average Bonchev–Trinajstić information content (AvgIpc) is 2.49. The van der Waals surface area contributed by atoms with Gasteiger partial charge in [0.2, 0.25) is 0 Å². The van der Waals surface area contributed by atoms with Crippen molar-refractivity contribution in [2.24, 2.45) is 11.7 Å². The highest BCUT2D eigenvalue weighted by atomic mass is 35.5. The Morgan fingerprint density at radius 2 is 2.23 bits per heavy atom. The Hall–Kier alpha value is -1.33. The van der Waals surface area contributed by atoms with Crippen LogP contribution in [0.1, 0.15) is 26.7 Å². The van der Waals surface area contributed by atoms with Crippen molar-refractivity contribution in [3.8, 4) is 5.75 Å². The number of nitrogens with zero attached hydrogens (tertiary/aromatic N) is 1. The Labute approximate surface area is 135 Å². The highest BCUT2D eigenvalue weighted by molar-refractivity contribution is 6.32. The maximum atomic E-state index is 13.0. The third kappa shape index (κ3) is 4.11. The Kier molecular flexibility index (Phi) is 5.64. The topological polar surface area (TPSA) is 55.6 Å². The normalized spacial score (nSPS) is 21.3. The van der Waals surface area contributed by atoms with Crippen LogP contribution in [0.2, 0.25) is 5.02 Å². The van der Waals surface area contributed by atoms with Crippen LogP contribution in [0.15, 0.2) is 18.2 Å². The van der Waals surface area contributed by atoms with E-state index in [-0.39, 0.29) is 17.0 Å². The molecule has 0 aromatic heterocycles. The van der Waals surface area contributed by atoms with Crippen LogP contribution in [0.3, 0.4) is 0 Å². The van der Waals surface area contributed by atoms with Crippen molar-refractivity contribution in [2.75, 3.05) is 13.1 Å². The summed E-state index contributed by atoms with van der Waals surface area (Å²) in [5, 5.41) is 0.159. The first-order chi connectivity index (χ1) is 10.4. The van der Waals surface area contributed by atoms with Gasteiger partial charge in [0, 0.05) is 19.1 Å². The lowest BCUT2D eigenvalue weighted by Gasteiger charge is -2.35. The molecule has 2 N–H and O–H groups in total. The van der Waals surface area contributed by atoms with E-state index in [4.69, 9.17) is 22.1 Å². The van der Waals surface area contributed by atoms with Crippen molar-refractivity contribution in [1.82, 2.24) is 4.90 Å². The maximum absolute atomic E-state index is 13.0. The number of rotatable bonds is 4. The van der Waals surface area contributed by atoms with Crippen LogP contribution >= 0.6 is 11.6 Å². The van der Waals surface area contributed by atoms with Crippen LogP contribution < -0.4 is 10.5 Å². The highest BCUT2D eigenvalue weighted by Crippen LogP contribution is 2.27. The van der Waals surface area contributed by atoms with Gasteiger partial charge >= 0.3 is 0 Å². The molecule has 122 valence electrons. The number of halogens is 2. The minimum absolute atomic E-state index is 0.0679. The molecule has 1 saturated heterocycles. The number of carbonyl (C=O) groups is 1. The molecule has 0 bridgehead atoms. The summed E-state index contributed by atoms with van der Waals surface area (Å²) in [7, 11) is 0. The first-order valence-electron chi connectivity index (χ1n) is 7.54. The van der Waals surface area contributed by atoms with Crippen molar-refractivity contribution in [3.05, 3.63) is 29.0 Å². The Morgan fingerprint density at radius 1 is 1.50 bits per heavy atom. The fraction of sp³-hybridized carbons (Fsp3) is 0.562. The summed E-state index contributed by atoms with van der Waals surface area (Å²) >= 11 is 5.92. The SMILES string of the molecule is CC(Oc1ccc(F)cc1Cl)C(=O)N1CCCC(C(C)N)C1. The molecule has 1 aromatic carbocycles. The second kappa shape index (κ2) is 7.29. The zero-order chi connectivity index (χ0) is 16.3. The maximum Gasteiger partial charge on any atom is 0.263 e. The Morgan fingerprint density at radius 3 is 2.86 bits per heavy atom. The zero-order valence-corrected chi connectivity index (χ0v) is 13.6. The smallest absolute Gasteiger partial charge is 0.263 e. The molecule has 6 heteroatoms. The molecule has 0 saturated carbocycles. The second-order valence-electron chi connectivity index (χ2n) is 5.88. The van der Waals surface area contributed by atoms with Crippen molar-refractivity contribution in [1.29, 1.82) is 0 Å². The summed E-state index contributed by atoms with van der Waals surface area (Å²) in [5.74, 6) is 0.0989. The molecule has 2 rings (SSSR count). The van der Waals surface area contributed by atoms with Crippen LogP contribution in [-0.4, -0.2) is 36.0 Å². The van der Waals surface area contributed by atoms with Crippen molar-refractivity contribution < 1.29 is 13.9 Å². The lowest BCUT2D eigenvalue weighted by atomic mass is 9.92. The third-order valence-electron chi connectivity index (χ3n) is 4.06. The summed E-state index contributed by atoms with van der Waals surface area (Å²) in [5.41, 5.74) is 5.94. The van der Waals surface area contributed by atoms with E-state index in [0.29, 0.717) is 24.8 Å².